The van der Waals surface area contributed by atoms with Crippen LogP contribution in [0.1, 0.15) is 38.8 Å². The Labute approximate surface area is 96.1 Å². The van der Waals surface area contributed by atoms with Crippen molar-refractivity contribution >= 4 is 11.3 Å². The summed E-state index contributed by atoms with van der Waals surface area (Å²) in [5.41, 5.74) is 3.74. The van der Waals surface area contributed by atoms with Crippen molar-refractivity contribution in [3.8, 4) is 0 Å². The van der Waals surface area contributed by atoms with Gasteiger partial charge < -0.3 is 5.32 Å². The van der Waals surface area contributed by atoms with Crippen LogP contribution < -0.4 is 5.32 Å². The van der Waals surface area contributed by atoms with Gasteiger partial charge in [-0.05, 0) is 24.7 Å². The van der Waals surface area contributed by atoms with E-state index in [9.17, 15) is 0 Å². The van der Waals surface area contributed by atoms with E-state index in [2.05, 4.69) is 29.5 Å². The molecule has 1 heterocycles. The molecule has 84 valence electrons. The third kappa shape index (κ3) is 2.79. The van der Waals surface area contributed by atoms with E-state index >= 15 is 0 Å². The SMILES string of the molecule is CC(C)NCC1(Cc2cscn2)CCC1. The van der Waals surface area contributed by atoms with Gasteiger partial charge in [0.15, 0.2) is 0 Å². The van der Waals surface area contributed by atoms with Crippen molar-refractivity contribution in [1.29, 1.82) is 0 Å². The molecule has 1 saturated carbocycles. The minimum atomic E-state index is 0.512. The lowest BCUT2D eigenvalue weighted by molar-refractivity contribution is 0.125. The van der Waals surface area contributed by atoms with Crippen molar-refractivity contribution in [3.63, 3.8) is 0 Å². The quantitative estimate of drug-likeness (QED) is 0.832. The molecule has 1 aromatic rings. The standard InChI is InChI=1S/C12H20N2S/c1-10(2)13-8-12(4-3-5-12)6-11-7-15-9-14-11/h7,9-10,13H,3-6,8H2,1-2H3. The minimum absolute atomic E-state index is 0.512. The number of nitrogens with zero attached hydrogens (tertiary/aromatic N) is 1. The van der Waals surface area contributed by atoms with Crippen molar-refractivity contribution in [2.45, 2.75) is 45.6 Å². The summed E-state index contributed by atoms with van der Waals surface area (Å²) in [5, 5.41) is 5.77. The highest BCUT2D eigenvalue weighted by Crippen LogP contribution is 2.43. The lowest BCUT2D eigenvalue weighted by Crippen LogP contribution is -2.43. The zero-order valence-corrected chi connectivity index (χ0v) is 10.4. The maximum Gasteiger partial charge on any atom is 0.0794 e. The summed E-state index contributed by atoms with van der Waals surface area (Å²) in [6.45, 7) is 5.59. The smallest absolute Gasteiger partial charge is 0.0794 e. The summed E-state index contributed by atoms with van der Waals surface area (Å²) < 4.78 is 0. The van der Waals surface area contributed by atoms with Crippen LogP contribution in [0.25, 0.3) is 0 Å². The minimum Gasteiger partial charge on any atom is -0.314 e. The van der Waals surface area contributed by atoms with Crippen LogP contribution in [0.15, 0.2) is 10.9 Å². The molecule has 15 heavy (non-hydrogen) atoms. The molecule has 0 saturated heterocycles. The Morgan fingerprint density at radius 2 is 2.33 bits per heavy atom. The number of nitrogens with one attached hydrogen (secondary N) is 1. The lowest BCUT2D eigenvalue weighted by atomic mass is 9.66. The van der Waals surface area contributed by atoms with E-state index in [0.717, 1.165) is 13.0 Å². The predicted molar refractivity (Wildman–Crippen MR) is 65.2 cm³/mol. The Morgan fingerprint density at radius 1 is 1.53 bits per heavy atom. The first kappa shape index (κ1) is 11.1. The monoisotopic (exact) mass is 224 g/mol. The third-order valence-corrected chi connectivity index (χ3v) is 3.97. The molecule has 0 atom stereocenters. The fourth-order valence-corrected chi connectivity index (χ4v) is 2.78. The largest absolute Gasteiger partial charge is 0.314 e. The van der Waals surface area contributed by atoms with E-state index in [-0.39, 0.29) is 0 Å². The number of hydrogen-bond donors (Lipinski definition) is 1. The van der Waals surface area contributed by atoms with Crippen molar-refractivity contribution in [1.82, 2.24) is 10.3 Å². The molecule has 1 fully saturated rings. The number of aromatic nitrogens is 1. The maximum absolute atomic E-state index is 4.40. The van der Waals surface area contributed by atoms with Crippen LogP contribution >= 0.6 is 11.3 Å². The Morgan fingerprint density at radius 3 is 2.80 bits per heavy atom. The van der Waals surface area contributed by atoms with Gasteiger partial charge in [-0.15, -0.1) is 11.3 Å². The van der Waals surface area contributed by atoms with Gasteiger partial charge in [0.1, 0.15) is 0 Å². The van der Waals surface area contributed by atoms with E-state index in [1.54, 1.807) is 11.3 Å². The van der Waals surface area contributed by atoms with Crippen LogP contribution in [0.3, 0.4) is 0 Å². The topological polar surface area (TPSA) is 24.9 Å². The Balaban J connectivity index is 1.90. The first-order valence-electron chi connectivity index (χ1n) is 5.81. The molecule has 1 N–H and O–H groups in total. The van der Waals surface area contributed by atoms with Crippen LogP contribution in [0.4, 0.5) is 0 Å². The molecule has 1 aliphatic carbocycles. The van der Waals surface area contributed by atoms with E-state index in [1.807, 2.05) is 5.51 Å². The first-order valence-corrected chi connectivity index (χ1v) is 6.75. The van der Waals surface area contributed by atoms with Gasteiger partial charge in [-0.3, -0.25) is 0 Å². The highest BCUT2D eigenvalue weighted by Gasteiger charge is 2.37. The second-order valence-corrected chi connectivity index (χ2v) is 5.76. The molecule has 2 rings (SSSR count). The average molecular weight is 224 g/mol. The van der Waals surface area contributed by atoms with Gasteiger partial charge >= 0.3 is 0 Å². The molecule has 1 aliphatic rings. The Kier molecular flexibility index (Phi) is 3.42. The van der Waals surface area contributed by atoms with E-state index in [4.69, 9.17) is 0 Å². The molecule has 0 bridgehead atoms. The van der Waals surface area contributed by atoms with Crippen molar-refractivity contribution in [2.24, 2.45) is 5.41 Å². The van der Waals surface area contributed by atoms with Gasteiger partial charge in [-0.25, -0.2) is 4.98 Å². The van der Waals surface area contributed by atoms with Gasteiger partial charge in [-0.1, -0.05) is 20.3 Å². The van der Waals surface area contributed by atoms with E-state index < -0.39 is 0 Å². The normalized spacial score (nSPS) is 19.1. The zero-order chi connectivity index (χ0) is 10.7. The summed E-state index contributed by atoms with van der Waals surface area (Å²) in [6.07, 6.45) is 5.29. The van der Waals surface area contributed by atoms with Crippen LogP contribution in [0.2, 0.25) is 0 Å². The molecule has 1 aromatic heterocycles. The van der Waals surface area contributed by atoms with Gasteiger partial charge in [0, 0.05) is 18.0 Å². The summed E-state index contributed by atoms with van der Waals surface area (Å²) in [7, 11) is 0. The van der Waals surface area contributed by atoms with Gasteiger partial charge in [0.2, 0.25) is 0 Å². The second kappa shape index (κ2) is 4.62. The Bertz CT molecular complexity index is 289. The van der Waals surface area contributed by atoms with Crippen molar-refractivity contribution < 1.29 is 0 Å². The molecule has 0 unspecified atom stereocenters. The van der Waals surface area contributed by atoms with Crippen molar-refractivity contribution in [3.05, 3.63) is 16.6 Å². The van der Waals surface area contributed by atoms with Crippen molar-refractivity contribution in [2.75, 3.05) is 6.54 Å². The summed E-state index contributed by atoms with van der Waals surface area (Å²) in [4.78, 5) is 4.40. The lowest BCUT2D eigenvalue weighted by Gasteiger charge is -2.42. The van der Waals surface area contributed by atoms with E-state index in [0.29, 0.717) is 11.5 Å². The molecule has 0 amide bonds. The van der Waals surface area contributed by atoms with Crippen LogP contribution in [-0.4, -0.2) is 17.6 Å². The number of hydrogen-bond acceptors (Lipinski definition) is 3. The fraction of sp³-hybridized carbons (Fsp3) is 0.750. The molecule has 0 spiro atoms. The second-order valence-electron chi connectivity index (χ2n) is 5.05. The van der Waals surface area contributed by atoms with Gasteiger partial charge in [-0.2, -0.15) is 0 Å². The van der Waals surface area contributed by atoms with E-state index in [1.165, 1.54) is 25.0 Å². The van der Waals surface area contributed by atoms with Gasteiger partial charge in [0.05, 0.1) is 11.2 Å². The molecule has 0 aliphatic heterocycles. The summed E-state index contributed by atoms with van der Waals surface area (Å²) in [6, 6.07) is 0.595. The molecule has 0 radical (unpaired) electrons. The van der Waals surface area contributed by atoms with Crippen LogP contribution in [0, 0.1) is 5.41 Å². The number of rotatable bonds is 5. The number of thiazole rings is 1. The highest BCUT2D eigenvalue weighted by molar-refractivity contribution is 7.07. The molecular weight excluding hydrogens is 204 g/mol. The fourth-order valence-electron chi connectivity index (χ4n) is 2.22. The summed E-state index contributed by atoms with van der Waals surface area (Å²) >= 11 is 1.71. The van der Waals surface area contributed by atoms with Gasteiger partial charge in [0.25, 0.3) is 0 Å². The molecule has 0 aromatic carbocycles. The zero-order valence-electron chi connectivity index (χ0n) is 9.62. The molecular formula is C12H20N2S. The maximum atomic E-state index is 4.40. The average Bonchev–Trinajstić information content (AvgIpc) is 2.61. The third-order valence-electron chi connectivity index (χ3n) is 3.34. The molecule has 3 heteroatoms. The summed E-state index contributed by atoms with van der Waals surface area (Å²) in [5.74, 6) is 0. The Hall–Kier alpha value is -0.410. The van der Waals surface area contributed by atoms with Crippen LogP contribution in [-0.2, 0) is 6.42 Å². The highest BCUT2D eigenvalue weighted by atomic mass is 32.1. The van der Waals surface area contributed by atoms with Crippen LogP contribution in [0.5, 0.6) is 0 Å². The molecule has 2 nitrogen and oxygen atoms in total. The predicted octanol–water partition coefficient (Wildman–Crippen LogP) is 2.85. The first-order chi connectivity index (χ1) is 7.20.